The molecule has 0 unspecified atom stereocenters. The second kappa shape index (κ2) is 6.88. The van der Waals surface area contributed by atoms with Crippen LogP contribution in [-0.4, -0.2) is 10.9 Å². The topological polar surface area (TPSA) is 32.6 Å². The molecule has 0 spiro atoms. The van der Waals surface area contributed by atoms with Crippen LogP contribution in [0.4, 0.5) is 0 Å². The van der Waals surface area contributed by atoms with Gasteiger partial charge in [0.15, 0.2) is 0 Å². The largest absolute Gasteiger partial charge is 0.411 e. The van der Waals surface area contributed by atoms with Crippen LogP contribution >= 0.6 is 0 Å². The van der Waals surface area contributed by atoms with Crippen molar-refractivity contribution in [3.63, 3.8) is 0 Å². The molecule has 0 aromatic carbocycles. The molecule has 180 valence electrons. The average Bonchev–Trinajstić information content (AvgIpc) is 3.06. The monoisotopic (exact) mass is 439 g/mol. The van der Waals surface area contributed by atoms with Crippen LogP contribution in [0.15, 0.2) is 17.3 Å². The van der Waals surface area contributed by atoms with E-state index in [9.17, 15) is 5.21 Å². The van der Waals surface area contributed by atoms with E-state index in [0.717, 1.165) is 35.8 Å². The lowest BCUT2D eigenvalue weighted by molar-refractivity contribution is -0.226. The summed E-state index contributed by atoms with van der Waals surface area (Å²) in [6, 6.07) is 0. The SMILES string of the molecule is C=C(C)[C@@H]1CC[C@]2(C)CC[C@]3(C)[C@H](CC[C@H]4[C@@]5(C)CCC(=NO)C(C)(C)[C@@H]5CC[C@]43C)[C@@H]12. The zero-order valence-electron chi connectivity index (χ0n) is 22.1. The van der Waals surface area contributed by atoms with E-state index in [4.69, 9.17) is 0 Å². The average molecular weight is 440 g/mol. The van der Waals surface area contributed by atoms with Gasteiger partial charge in [-0.2, -0.15) is 0 Å². The summed E-state index contributed by atoms with van der Waals surface area (Å²) in [5.74, 6) is 3.88. The Morgan fingerprint density at radius 1 is 0.844 bits per heavy atom. The molecule has 0 amide bonds. The molecule has 1 N–H and O–H groups in total. The summed E-state index contributed by atoms with van der Waals surface area (Å²) < 4.78 is 0. The van der Waals surface area contributed by atoms with Crippen LogP contribution in [-0.2, 0) is 0 Å². The quantitative estimate of drug-likeness (QED) is 0.248. The molecule has 5 fully saturated rings. The highest BCUT2D eigenvalue weighted by molar-refractivity contribution is 5.90. The summed E-state index contributed by atoms with van der Waals surface area (Å²) in [5, 5.41) is 13.5. The third kappa shape index (κ3) is 2.62. The van der Waals surface area contributed by atoms with Crippen LogP contribution in [0.1, 0.15) is 113 Å². The number of nitrogens with zero attached hydrogens (tertiary/aromatic N) is 1. The van der Waals surface area contributed by atoms with Crippen LogP contribution in [0.25, 0.3) is 0 Å². The molecule has 0 heterocycles. The van der Waals surface area contributed by atoms with Crippen molar-refractivity contribution in [2.45, 2.75) is 113 Å². The van der Waals surface area contributed by atoms with Gasteiger partial charge in [0.05, 0.1) is 5.71 Å². The molecular weight excluding hydrogens is 390 g/mol. The molecule has 9 atom stereocenters. The lowest BCUT2D eigenvalue weighted by atomic mass is 9.32. The molecule has 2 nitrogen and oxygen atoms in total. The molecule has 2 heteroatoms. The highest BCUT2D eigenvalue weighted by Crippen LogP contribution is 2.77. The molecule has 5 aliphatic carbocycles. The molecule has 32 heavy (non-hydrogen) atoms. The minimum atomic E-state index is 0.0163. The van der Waals surface area contributed by atoms with Crippen LogP contribution in [0, 0.1) is 56.7 Å². The highest BCUT2D eigenvalue weighted by atomic mass is 16.4. The van der Waals surface area contributed by atoms with Crippen LogP contribution in [0.2, 0.25) is 0 Å². The number of fused-ring (bicyclic) bond motifs is 7. The van der Waals surface area contributed by atoms with Gasteiger partial charge in [0.2, 0.25) is 0 Å². The van der Waals surface area contributed by atoms with Gasteiger partial charge in [-0.15, -0.1) is 0 Å². The Morgan fingerprint density at radius 3 is 2.22 bits per heavy atom. The predicted octanol–water partition coefficient (Wildman–Crippen LogP) is 8.49. The van der Waals surface area contributed by atoms with Gasteiger partial charge in [-0.1, -0.05) is 58.9 Å². The van der Waals surface area contributed by atoms with E-state index in [0.29, 0.717) is 27.6 Å². The van der Waals surface area contributed by atoms with E-state index in [1.807, 2.05) is 0 Å². The molecular formula is C30H49NO. The van der Waals surface area contributed by atoms with Gasteiger partial charge < -0.3 is 5.21 Å². The summed E-state index contributed by atoms with van der Waals surface area (Å²) in [6.07, 6.45) is 13.3. The van der Waals surface area contributed by atoms with Crippen molar-refractivity contribution in [2.75, 3.05) is 0 Å². The molecule has 5 aliphatic rings. The predicted molar refractivity (Wildman–Crippen MR) is 134 cm³/mol. The summed E-state index contributed by atoms with van der Waals surface area (Å²) in [5.41, 5.74) is 4.29. The summed E-state index contributed by atoms with van der Waals surface area (Å²) >= 11 is 0. The molecule has 0 aliphatic heterocycles. The molecule has 0 saturated heterocycles. The second-order valence-electron chi connectivity index (χ2n) is 14.6. The van der Waals surface area contributed by atoms with Gasteiger partial charge >= 0.3 is 0 Å². The fourth-order valence-corrected chi connectivity index (χ4v) is 11.5. The van der Waals surface area contributed by atoms with Crippen molar-refractivity contribution < 1.29 is 5.21 Å². The lowest BCUT2D eigenvalue weighted by Gasteiger charge is -2.72. The molecule has 5 saturated carbocycles. The smallest absolute Gasteiger partial charge is 0.0630 e. The molecule has 0 bridgehead atoms. The Balaban J connectivity index is 1.54. The third-order valence-electron chi connectivity index (χ3n) is 13.4. The van der Waals surface area contributed by atoms with Crippen LogP contribution < -0.4 is 0 Å². The maximum Gasteiger partial charge on any atom is 0.0630 e. The summed E-state index contributed by atoms with van der Waals surface area (Å²) in [4.78, 5) is 0. The fourth-order valence-electron chi connectivity index (χ4n) is 11.5. The zero-order valence-corrected chi connectivity index (χ0v) is 22.1. The number of rotatable bonds is 1. The van der Waals surface area contributed by atoms with Crippen LogP contribution in [0.3, 0.4) is 0 Å². The van der Waals surface area contributed by atoms with Gasteiger partial charge in [-0.3, -0.25) is 0 Å². The van der Waals surface area contributed by atoms with Gasteiger partial charge in [0.25, 0.3) is 0 Å². The number of oxime groups is 1. The first-order valence-electron chi connectivity index (χ1n) is 13.7. The molecule has 0 aromatic rings. The fraction of sp³-hybridized carbons (Fsp3) is 0.900. The standard InChI is InChI=1S/C30H49NO/c1-19(2)20-11-14-27(5)17-18-29(7)21(25(20)27)9-10-23-28(6)15-13-24(31-32)26(3,4)22(28)12-16-30(23,29)8/h20-23,25,32H,1,9-18H2,2-8H3/t20-,21+,22-,23-,25+,27+,28-,29+,30+/m0/s1. The summed E-state index contributed by atoms with van der Waals surface area (Å²) in [6.45, 7) is 22.2. The third-order valence-corrected chi connectivity index (χ3v) is 13.4. The normalized spacial score (nSPS) is 55.5. The maximum absolute atomic E-state index is 9.74. The van der Waals surface area contributed by atoms with E-state index < -0.39 is 0 Å². The van der Waals surface area contributed by atoms with Gasteiger partial charge in [0.1, 0.15) is 0 Å². The van der Waals surface area contributed by atoms with Crippen LogP contribution in [0.5, 0.6) is 0 Å². The minimum Gasteiger partial charge on any atom is -0.411 e. The second-order valence-corrected chi connectivity index (χ2v) is 14.6. The van der Waals surface area contributed by atoms with Crippen molar-refractivity contribution in [2.24, 2.45) is 61.8 Å². The van der Waals surface area contributed by atoms with Gasteiger partial charge in [-0.05, 0) is 122 Å². The van der Waals surface area contributed by atoms with E-state index in [2.05, 4.69) is 60.2 Å². The van der Waals surface area contributed by atoms with Gasteiger partial charge in [0, 0.05) is 5.41 Å². The number of hydrogen-bond acceptors (Lipinski definition) is 2. The first kappa shape index (κ1) is 23.0. The maximum atomic E-state index is 9.74. The Morgan fingerprint density at radius 2 is 1.56 bits per heavy atom. The minimum absolute atomic E-state index is 0.0163. The van der Waals surface area contributed by atoms with Crippen molar-refractivity contribution in [1.82, 2.24) is 0 Å². The summed E-state index contributed by atoms with van der Waals surface area (Å²) in [7, 11) is 0. The van der Waals surface area contributed by atoms with E-state index in [1.54, 1.807) is 0 Å². The molecule has 0 aromatic heterocycles. The highest BCUT2D eigenvalue weighted by Gasteiger charge is 2.70. The Kier molecular flexibility index (Phi) is 4.94. The van der Waals surface area contributed by atoms with Crippen molar-refractivity contribution >= 4 is 5.71 Å². The Hall–Kier alpha value is -0.790. The van der Waals surface area contributed by atoms with Crippen molar-refractivity contribution in [3.8, 4) is 0 Å². The molecule has 5 rings (SSSR count). The first-order chi connectivity index (χ1) is 14.8. The Bertz CT molecular complexity index is 842. The van der Waals surface area contributed by atoms with E-state index in [-0.39, 0.29) is 5.41 Å². The number of hydrogen-bond donors (Lipinski definition) is 1. The van der Waals surface area contributed by atoms with E-state index >= 15 is 0 Å². The lowest BCUT2D eigenvalue weighted by Crippen LogP contribution is -2.66. The van der Waals surface area contributed by atoms with E-state index in [1.165, 1.54) is 63.4 Å². The van der Waals surface area contributed by atoms with Gasteiger partial charge in [-0.25, -0.2) is 0 Å². The zero-order chi connectivity index (χ0) is 23.3. The number of allylic oxidation sites excluding steroid dienone is 1. The van der Waals surface area contributed by atoms with Crippen molar-refractivity contribution in [1.29, 1.82) is 0 Å². The first-order valence-corrected chi connectivity index (χ1v) is 13.7. The Labute approximate surface area is 197 Å². The van der Waals surface area contributed by atoms with Crippen molar-refractivity contribution in [3.05, 3.63) is 12.2 Å². The molecule has 0 radical (unpaired) electrons.